The average Bonchev–Trinajstić information content (AvgIpc) is 2.54. The molecule has 0 spiro atoms. The molecule has 0 fully saturated rings. The minimum absolute atomic E-state index is 0.0146. The maximum Gasteiger partial charge on any atom is 0.251 e. The Morgan fingerprint density at radius 2 is 1.75 bits per heavy atom. The molecule has 2 aromatic carbocycles. The fourth-order valence-electron chi connectivity index (χ4n) is 2.65. The summed E-state index contributed by atoms with van der Waals surface area (Å²) in [5.74, 6) is 0.831. The van der Waals surface area contributed by atoms with Crippen molar-refractivity contribution < 1.29 is 9.53 Å². The average molecular weight is 325 g/mol. The second-order valence-corrected chi connectivity index (χ2v) is 7.29. The quantitative estimate of drug-likeness (QED) is 0.862. The third-order valence-electron chi connectivity index (χ3n) is 3.78. The van der Waals surface area contributed by atoms with Gasteiger partial charge in [-0.05, 0) is 53.6 Å². The second kappa shape index (κ2) is 8.00. The molecule has 0 aliphatic rings. The first-order valence-corrected chi connectivity index (χ1v) is 8.37. The summed E-state index contributed by atoms with van der Waals surface area (Å²) in [5.41, 5.74) is 3.32. The van der Waals surface area contributed by atoms with Gasteiger partial charge in [-0.3, -0.25) is 4.79 Å². The molecule has 0 bridgehead atoms. The number of hydrogen-bond donors (Lipinski definition) is 1. The predicted molar refractivity (Wildman–Crippen MR) is 98.6 cm³/mol. The van der Waals surface area contributed by atoms with Gasteiger partial charge in [-0.15, -0.1) is 0 Å². The van der Waals surface area contributed by atoms with E-state index in [-0.39, 0.29) is 11.3 Å². The minimum Gasteiger partial charge on any atom is -0.497 e. The van der Waals surface area contributed by atoms with Crippen molar-refractivity contribution in [2.75, 3.05) is 13.7 Å². The van der Waals surface area contributed by atoms with E-state index in [9.17, 15) is 4.79 Å². The number of ether oxygens (including phenoxy) is 1. The molecule has 0 atom stereocenters. The van der Waals surface area contributed by atoms with Gasteiger partial charge < -0.3 is 10.1 Å². The van der Waals surface area contributed by atoms with Crippen LogP contribution < -0.4 is 10.1 Å². The van der Waals surface area contributed by atoms with Crippen LogP contribution in [-0.2, 0) is 12.8 Å². The van der Waals surface area contributed by atoms with Gasteiger partial charge in [0.15, 0.2) is 0 Å². The lowest BCUT2D eigenvalue weighted by Crippen LogP contribution is -2.25. The van der Waals surface area contributed by atoms with Gasteiger partial charge >= 0.3 is 0 Å². The van der Waals surface area contributed by atoms with Crippen LogP contribution in [0.15, 0.2) is 48.5 Å². The highest BCUT2D eigenvalue weighted by molar-refractivity contribution is 5.94. The van der Waals surface area contributed by atoms with Crippen LogP contribution in [0.1, 0.15) is 42.3 Å². The van der Waals surface area contributed by atoms with E-state index in [1.807, 2.05) is 42.5 Å². The maximum absolute atomic E-state index is 12.3. The van der Waals surface area contributed by atoms with E-state index in [0.717, 1.165) is 24.2 Å². The van der Waals surface area contributed by atoms with Crippen molar-refractivity contribution in [3.8, 4) is 5.75 Å². The predicted octanol–water partition coefficient (Wildman–Crippen LogP) is 4.26. The van der Waals surface area contributed by atoms with E-state index in [0.29, 0.717) is 6.54 Å². The first kappa shape index (κ1) is 18.1. The van der Waals surface area contributed by atoms with Crippen LogP contribution >= 0.6 is 0 Å². The zero-order chi connectivity index (χ0) is 17.6. The first-order chi connectivity index (χ1) is 11.4. The maximum atomic E-state index is 12.3. The largest absolute Gasteiger partial charge is 0.497 e. The fraction of sp³-hybridized carbons (Fsp3) is 0.381. The minimum atomic E-state index is -0.0146. The van der Waals surface area contributed by atoms with Gasteiger partial charge in [0, 0.05) is 12.1 Å². The van der Waals surface area contributed by atoms with Crippen molar-refractivity contribution in [2.45, 2.75) is 33.6 Å². The number of methoxy groups -OCH3 is 1. The molecule has 2 rings (SSSR count). The highest BCUT2D eigenvalue weighted by atomic mass is 16.5. The van der Waals surface area contributed by atoms with Gasteiger partial charge in [-0.25, -0.2) is 0 Å². The molecule has 0 aliphatic heterocycles. The van der Waals surface area contributed by atoms with Gasteiger partial charge in [0.25, 0.3) is 5.91 Å². The van der Waals surface area contributed by atoms with Crippen LogP contribution in [-0.4, -0.2) is 19.6 Å². The normalized spacial score (nSPS) is 11.2. The van der Waals surface area contributed by atoms with E-state index in [2.05, 4.69) is 32.2 Å². The van der Waals surface area contributed by atoms with Crippen molar-refractivity contribution in [2.24, 2.45) is 5.41 Å². The molecule has 2 aromatic rings. The smallest absolute Gasteiger partial charge is 0.251 e. The lowest BCUT2D eigenvalue weighted by Gasteiger charge is -2.18. The summed E-state index contributed by atoms with van der Waals surface area (Å²) in [6, 6.07) is 15.8. The van der Waals surface area contributed by atoms with Gasteiger partial charge in [0.2, 0.25) is 0 Å². The van der Waals surface area contributed by atoms with E-state index < -0.39 is 0 Å². The van der Waals surface area contributed by atoms with Gasteiger partial charge in [0.05, 0.1) is 7.11 Å². The molecule has 0 radical (unpaired) electrons. The molecule has 0 aliphatic carbocycles. The number of rotatable bonds is 6. The highest BCUT2D eigenvalue weighted by Crippen LogP contribution is 2.21. The summed E-state index contributed by atoms with van der Waals surface area (Å²) in [7, 11) is 1.66. The molecule has 3 heteroatoms. The van der Waals surface area contributed by atoms with E-state index >= 15 is 0 Å². The second-order valence-electron chi connectivity index (χ2n) is 7.29. The van der Waals surface area contributed by atoms with Gasteiger partial charge in [-0.2, -0.15) is 0 Å². The molecule has 0 heterocycles. The monoisotopic (exact) mass is 325 g/mol. The molecule has 0 saturated carbocycles. The Labute approximate surface area is 145 Å². The van der Waals surface area contributed by atoms with Crippen molar-refractivity contribution in [3.05, 3.63) is 65.2 Å². The molecule has 24 heavy (non-hydrogen) atoms. The summed E-state index contributed by atoms with van der Waals surface area (Å²) in [5, 5.41) is 3.00. The van der Waals surface area contributed by atoms with Crippen LogP contribution in [0.25, 0.3) is 0 Å². The molecular formula is C21H27NO2. The third kappa shape index (κ3) is 5.73. The van der Waals surface area contributed by atoms with Gasteiger partial charge in [-0.1, -0.05) is 45.0 Å². The first-order valence-electron chi connectivity index (χ1n) is 8.37. The standard InChI is InChI=1S/C21H27NO2/c1-21(2,3)15-17-6-5-7-18(14-17)20(23)22-13-12-16-8-10-19(24-4)11-9-16/h5-11,14H,12-13,15H2,1-4H3,(H,22,23). The summed E-state index contributed by atoms with van der Waals surface area (Å²) in [6.07, 6.45) is 1.76. The zero-order valence-electron chi connectivity index (χ0n) is 15.1. The number of carbonyl (C=O) groups excluding carboxylic acids is 1. The number of carbonyl (C=O) groups is 1. The van der Waals surface area contributed by atoms with E-state index in [1.165, 1.54) is 11.1 Å². The molecule has 1 amide bonds. The van der Waals surface area contributed by atoms with Gasteiger partial charge in [0.1, 0.15) is 5.75 Å². The molecule has 0 aromatic heterocycles. The van der Waals surface area contributed by atoms with Crippen LogP contribution in [0.3, 0.4) is 0 Å². The van der Waals surface area contributed by atoms with E-state index in [1.54, 1.807) is 7.11 Å². The Hall–Kier alpha value is -2.29. The van der Waals surface area contributed by atoms with Crippen LogP contribution in [0.4, 0.5) is 0 Å². The summed E-state index contributed by atoms with van der Waals surface area (Å²) in [6.45, 7) is 7.23. The van der Waals surface area contributed by atoms with Crippen molar-refractivity contribution in [1.82, 2.24) is 5.32 Å². The van der Waals surface area contributed by atoms with Crippen molar-refractivity contribution in [3.63, 3.8) is 0 Å². The zero-order valence-corrected chi connectivity index (χ0v) is 15.1. The molecule has 0 saturated heterocycles. The van der Waals surface area contributed by atoms with E-state index in [4.69, 9.17) is 4.74 Å². The Morgan fingerprint density at radius 3 is 2.38 bits per heavy atom. The number of amides is 1. The third-order valence-corrected chi connectivity index (χ3v) is 3.78. The van der Waals surface area contributed by atoms with Crippen LogP contribution in [0, 0.1) is 5.41 Å². The van der Waals surface area contributed by atoms with Crippen LogP contribution in [0.2, 0.25) is 0 Å². The SMILES string of the molecule is COc1ccc(CCNC(=O)c2cccc(CC(C)(C)C)c2)cc1. The summed E-state index contributed by atoms with van der Waals surface area (Å²) >= 11 is 0. The Balaban J connectivity index is 1.89. The fourth-order valence-corrected chi connectivity index (χ4v) is 2.65. The Kier molecular flexibility index (Phi) is 6.02. The Morgan fingerprint density at radius 1 is 1.04 bits per heavy atom. The summed E-state index contributed by atoms with van der Waals surface area (Å²) in [4.78, 5) is 12.3. The van der Waals surface area contributed by atoms with Crippen molar-refractivity contribution in [1.29, 1.82) is 0 Å². The molecule has 128 valence electrons. The van der Waals surface area contributed by atoms with Crippen molar-refractivity contribution >= 4 is 5.91 Å². The summed E-state index contributed by atoms with van der Waals surface area (Å²) < 4.78 is 5.15. The molecular weight excluding hydrogens is 298 g/mol. The number of hydrogen-bond acceptors (Lipinski definition) is 2. The lowest BCUT2D eigenvalue weighted by molar-refractivity contribution is 0.0954. The molecule has 0 unspecified atom stereocenters. The lowest BCUT2D eigenvalue weighted by atomic mass is 9.87. The Bertz CT molecular complexity index is 669. The molecule has 3 nitrogen and oxygen atoms in total. The molecule has 1 N–H and O–H groups in total. The number of nitrogens with one attached hydrogen (secondary N) is 1. The topological polar surface area (TPSA) is 38.3 Å². The highest BCUT2D eigenvalue weighted by Gasteiger charge is 2.13. The number of benzene rings is 2. The van der Waals surface area contributed by atoms with Crippen LogP contribution in [0.5, 0.6) is 5.75 Å².